The van der Waals surface area contributed by atoms with Crippen LogP contribution in [-0.2, 0) is 53.9 Å². The van der Waals surface area contributed by atoms with Crippen molar-refractivity contribution in [3.63, 3.8) is 0 Å². The maximum Gasteiger partial charge on any atom is 0.308 e. The zero-order chi connectivity index (χ0) is 45.7. The highest BCUT2D eigenvalue weighted by Crippen LogP contribution is 2.35. The molecule has 0 aromatic heterocycles. The number of nitrogens with zero attached hydrogens (tertiary/aromatic N) is 1. The second kappa shape index (κ2) is 25.2. The number of esters is 1. The van der Waals surface area contributed by atoms with Crippen molar-refractivity contribution in [2.45, 2.75) is 153 Å². The van der Waals surface area contributed by atoms with Gasteiger partial charge in [0.05, 0.1) is 56.2 Å². The largest absolute Gasteiger partial charge is 0.462 e. The number of ketones is 1. The molecule has 4 rings (SSSR count). The Bertz CT molecular complexity index is 1560. The zero-order valence-corrected chi connectivity index (χ0v) is 38.4. The van der Waals surface area contributed by atoms with Crippen LogP contribution >= 0.6 is 0 Å². The zero-order valence-electron chi connectivity index (χ0n) is 38.4. The number of aliphatic hydroxyl groups excluding tert-OH is 4. The summed E-state index contributed by atoms with van der Waals surface area (Å²) in [6.45, 7) is 11.6. The summed E-state index contributed by atoms with van der Waals surface area (Å²) in [4.78, 5) is 29.4. The second-order valence-corrected chi connectivity index (χ2v) is 17.6. The molecule has 1 aromatic rings. The summed E-state index contributed by atoms with van der Waals surface area (Å²) in [6, 6.07) is 9.30. The smallest absolute Gasteiger partial charge is 0.308 e. The highest BCUT2D eigenvalue weighted by molar-refractivity contribution is 5.91. The summed E-state index contributed by atoms with van der Waals surface area (Å²) in [7, 11) is 6.48. The minimum Gasteiger partial charge on any atom is -0.462 e. The van der Waals surface area contributed by atoms with Gasteiger partial charge in [-0.05, 0) is 78.1 Å². The number of allylic oxidation sites excluding steroid dienone is 3. The molecule has 0 bridgehead atoms. The maximum absolute atomic E-state index is 13.9. The van der Waals surface area contributed by atoms with Crippen molar-refractivity contribution in [2.75, 3.05) is 48.1 Å². The SMILES string of the molecule is CC[C@H]1OC(=O)C[C@@H](O)[C@H](C)[C@@H](O[C@@H]2O[C@H](C)[C@@H](O)[C@H](N(C)C)[C@H]2O)[C@@H](CCOCCc2ccccc2)C[C@@H](C)C(=O)/C=C/C(C)=C/[C@@H]1CO[C@@H]1O[C@H](C)[C@@H](O)[C@@H](OC)[C@H]1OC. The molecule has 4 N–H and O–H groups in total. The summed E-state index contributed by atoms with van der Waals surface area (Å²) < 4.78 is 48.5. The number of benzene rings is 1. The van der Waals surface area contributed by atoms with Gasteiger partial charge in [0.2, 0.25) is 0 Å². The number of rotatable bonds is 15. The van der Waals surface area contributed by atoms with E-state index in [1.807, 2.05) is 57.2 Å². The molecule has 62 heavy (non-hydrogen) atoms. The van der Waals surface area contributed by atoms with E-state index in [1.165, 1.54) is 14.2 Å². The van der Waals surface area contributed by atoms with Crippen LogP contribution in [0, 0.1) is 23.7 Å². The standard InChI is InChI=1S/C47H75NO14/c1-11-37-34(26-58-47-45(56-10)44(55-9)41(53)31(6)60-47)23-27(2)17-18-35(49)28(3)24-33(20-22-57-21-19-32-15-13-12-14-16-32)43(29(4)36(50)25-38(51)61-37)62-46-42(54)39(48(7)8)40(52)30(5)59-46/h12-18,23,28-31,33-34,36-37,39-47,50,52-54H,11,19-22,24-26H2,1-10H3/b18-17+,27-23+/t28-,29+,30-,31-,33+,34-,36-,37-,39+,40-,41-,42-,43-,44-,45-,46+,47-/m1/s1. The molecule has 3 aliphatic heterocycles. The molecule has 17 atom stereocenters. The van der Waals surface area contributed by atoms with Gasteiger partial charge in [0, 0.05) is 38.6 Å². The molecule has 3 aliphatic rings. The lowest BCUT2D eigenvalue weighted by Gasteiger charge is -2.46. The monoisotopic (exact) mass is 878 g/mol. The van der Waals surface area contributed by atoms with E-state index in [1.54, 1.807) is 51.9 Å². The van der Waals surface area contributed by atoms with Crippen LogP contribution in [-0.4, -0.2) is 165 Å². The molecule has 2 fully saturated rings. The van der Waals surface area contributed by atoms with Crippen molar-refractivity contribution in [3.05, 3.63) is 59.7 Å². The first-order valence-corrected chi connectivity index (χ1v) is 22.2. The molecule has 352 valence electrons. The number of cyclic esters (lactones) is 1. The fraction of sp³-hybridized carbons (Fsp3) is 0.745. The summed E-state index contributed by atoms with van der Waals surface area (Å²) in [6.07, 6.45) is -4.15. The molecule has 0 radical (unpaired) electrons. The van der Waals surface area contributed by atoms with Crippen molar-refractivity contribution >= 4 is 11.8 Å². The van der Waals surface area contributed by atoms with E-state index in [9.17, 15) is 30.0 Å². The number of methoxy groups -OCH3 is 2. The molecule has 0 spiro atoms. The number of hydrogen-bond acceptors (Lipinski definition) is 15. The van der Waals surface area contributed by atoms with Crippen molar-refractivity contribution in [2.24, 2.45) is 23.7 Å². The van der Waals surface area contributed by atoms with Crippen LogP contribution in [0.4, 0.5) is 0 Å². The van der Waals surface area contributed by atoms with Gasteiger partial charge in [0.15, 0.2) is 18.4 Å². The number of carbonyl (C=O) groups excluding carboxylic acids is 2. The first kappa shape index (κ1) is 52.0. The molecule has 0 unspecified atom stereocenters. The van der Waals surface area contributed by atoms with Gasteiger partial charge in [-0.3, -0.25) is 9.59 Å². The van der Waals surface area contributed by atoms with Crippen LogP contribution in [0.2, 0.25) is 0 Å². The van der Waals surface area contributed by atoms with E-state index in [0.717, 1.165) is 17.6 Å². The summed E-state index contributed by atoms with van der Waals surface area (Å²) in [5.41, 5.74) is 1.88. The lowest BCUT2D eigenvalue weighted by atomic mass is 9.79. The van der Waals surface area contributed by atoms with E-state index >= 15 is 0 Å². The second-order valence-electron chi connectivity index (χ2n) is 17.6. The van der Waals surface area contributed by atoms with Gasteiger partial charge in [-0.15, -0.1) is 0 Å². The van der Waals surface area contributed by atoms with Crippen LogP contribution in [0.1, 0.15) is 72.8 Å². The summed E-state index contributed by atoms with van der Waals surface area (Å²) in [5, 5.41) is 45.1. The van der Waals surface area contributed by atoms with Crippen molar-refractivity contribution in [1.29, 1.82) is 0 Å². The lowest BCUT2D eigenvalue weighted by molar-refractivity contribution is -0.304. The topological polar surface area (TPSA) is 192 Å². The van der Waals surface area contributed by atoms with Crippen molar-refractivity contribution < 1.29 is 67.9 Å². The fourth-order valence-electron chi connectivity index (χ4n) is 8.86. The average molecular weight is 878 g/mol. The summed E-state index contributed by atoms with van der Waals surface area (Å²) in [5.74, 6) is -2.87. The molecular weight excluding hydrogens is 803 g/mol. The highest BCUT2D eigenvalue weighted by Gasteiger charge is 2.48. The third kappa shape index (κ3) is 14.2. The van der Waals surface area contributed by atoms with Gasteiger partial charge in [0.25, 0.3) is 0 Å². The fourth-order valence-corrected chi connectivity index (χ4v) is 8.86. The van der Waals surface area contributed by atoms with E-state index in [0.29, 0.717) is 32.5 Å². The number of carbonyl (C=O) groups is 2. The average Bonchev–Trinajstić information content (AvgIpc) is 3.24. The molecule has 2 saturated heterocycles. The van der Waals surface area contributed by atoms with Crippen LogP contribution in [0.5, 0.6) is 0 Å². The third-order valence-corrected chi connectivity index (χ3v) is 12.7. The highest BCUT2D eigenvalue weighted by atomic mass is 16.7. The van der Waals surface area contributed by atoms with Crippen molar-refractivity contribution in [1.82, 2.24) is 4.90 Å². The molecule has 0 amide bonds. The van der Waals surface area contributed by atoms with Crippen LogP contribution in [0.25, 0.3) is 0 Å². The number of hydrogen-bond donors (Lipinski definition) is 4. The Hall–Kier alpha value is -2.64. The Morgan fingerprint density at radius 2 is 1.48 bits per heavy atom. The van der Waals surface area contributed by atoms with Gasteiger partial charge in [-0.2, -0.15) is 0 Å². The van der Waals surface area contributed by atoms with E-state index in [2.05, 4.69) is 0 Å². The molecule has 15 heteroatoms. The first-order chi connectivity index (χ1) is 29.5. The van der Waals surface area contributed by atoms with E-state index < -0.39 is 109 Å². The van der Waals surface area contributed by atoms with Crippen LogP contribution in [0.15, 0.2) is 54.1 Å². The Morgan fingerprint density at radius 3 is 2.13 bits per heavy atom. The third-order valence-electron chi connectivity index (χ3n) is 12.7. The summed E-state index contributed by atoms with van der Waals surface area (Å²) >= 11 is 0. The van der Waals surface area contributed by atoms with E-state index in [4.69, 9.17) is 37.9 Å². The van der Waals surface area contributed by atoms with Crippen LogP contribution < -0.4 is 0 Å². The first-order valence-electron chi connectivity index (χ1n) is 22.2. The van der Waals surface area contributed by atoms with Crippen LogP contribution in [0.3, 0.4) is 0 Å². The Balaban J connectivity index is 1.65. The number of likely N-dealkylation sites (N-methyl/N-ethyl adjacent to an activating group) is 1. The molecule has 1 aromatic carbocycles. The molecule has 15 nitrogen and oxygen atoms in total. The van der Waals surface area contributed by atoms with Gasteiger partial charge >= 0.3 is 5.97 Å². The van der Waals surface area contributed by atoms with Gasteiger partial charge in [-0.25, -0.2) is 0 Å². The molecule has 3 heterocycles. The predicted molar refractivity (Wildman–Crippen MR) is 231 cm³/mol. The lowest BCUT2D eigenvalue weighted by Crippen LogP contribution is -2.63. The Morgan fingerprint density at radius 1 is 0.823 bits per heavy atom. The Labute approximate surface area is 368 Å². The van der Waals surface area contributed by atoms with Crippen molar-refractivity contribution in [3.8, 4) is 0 Å². The Kier molecular flexibility index (Phi) is 21.1. The molecule has 0 saturated carbocycles. The van der Waals surface area contributed by atoms with Gasteiger partial charge < -0.3 is 63.2 Å². The number of ether oxygens (including phenoxy) is 8. The predicted octanol–water partition coefficient (Wildman–Crippen LogP) is 3.62. The van der Waals surface area contributed by atoms with Gasteiger partial charge in [-0.1, -0.05) is 68.8 Å². The minimum absolute atomic E-state index is 0.0276. The molecular formula is C47H75NO14. The quantitative estimate of drug-likeness (QED) is 0.148. The normalized spacial score (nSPS) is 39.5. The molecule has 0 aliphatic carbocycles. The minimum atomic E-state index is -1.26. The maximum atomic E-state index is 13.9. The van der Waals surface area contributed by atoms with Gasteiger partial charge in [0.1, 0.15) is 30.5 Å². The van der Waals surface area contributed by atoms with E-state index in [-0.39, 0.29) is 18.8 Å². The number of aliphatic hydroxyl groups is 4.